The van der Waals surface area contributed by atoms with Crippen molar-refractivity contribution < 1.29 is 22.7 Å². The number of esters is 1. The second-order valence-corrected chi connectivity index (χ2v) is 9.72. The SMILES string of the molecule is O=C(COC(=O)c1sc2cc(Cl)ccc2c1Cl)NC1CCS(=O)(=O)C1. The Kier molecular flexibility index (Phi) is 5.24. The minimum atomic E-state index is -3.09. The highest BCUT2D eigenvalue weighted by atomic mass is 35.5. The number of hydrogen-bond acceptors (Lipinski definition) is 6. The van der Waals surface area contributed by atoms with Gasteiger partial charge in [-0.25, -0.2) is 13.2 Å². The van der Waals surface area contributed by atoms with Gasteiger partial charge in [0.15, 0.2) is 16.4 Å². The van der Waals surface area contributed by atoms with Gasteiger partial charge in [-0.3, -0.25) is 4.79 Å². The normalized spacial score (nSPS) is 19.0. The number of ether oxygens (including phenoxy) is 1. The summed E-state index contributed by atoms with van der Waals surface area (Å²) in [6.45, 7) is -0.499. The molecule has 1 N–H and O–H groups in total. The van der Waals surface area contributed by atoms with E-state index < -0.39 is 34.4 Å². The highest BCUT2D eigenvalue weighted by Gasteiger charge is 2.29. The summed E-state index contributed by atoms with van der Waals surface area (Å²) >= 11 is 13.2. The van der Waals surface area contributed by atoms with Gasteiger partial charge in [0.1, 0.15) is 4.88 Å². The summed E-state index contributed by atoms with van der Waals surface area (Å²) in [5.41, 5.74) is 0. The molecule has 10 heteroatoms. The fourth-order valence-electron chi connectivity index (χ4n) is 2.55. The summed E-state index contributed by atoms with van der Waals surface area (Å²) in [6, 6.07) is 4.63. The van der Waals surface area contributed by atoms with E-state index in [9.17, 15) is 18.0 Å². The van der Waals surface area contributed by atoms with E-state index in [1.807, 2.05) is 0 Å². The lowest BCUT2D eigenvalue weighted by molar-refractivity contribution is -0.124. The molecule has 134 valence electrons. The molecular weight excluding hydrogens is 409 g/mol. The van der Waals surface area contributed by atoms with Gasteiger partial charge in [-0.2, -0.15) is 0 Å². The van der Waals surface area contributed by atoms with E-state index in [1.165, 1.54) is 0 Å². The molecule has 1 saturated heterocycles. The summed E-state index contributed by atoms with van der Waals surface area (Å²) in [7, 11) is -3.09. The Labute approximate surface area is 158 Å². The van der Waals surface area contributed by atoms with Crippen LogP contribution in [-0.4, -0.2) is 44.4 Å². The zero-order valence-corrected chi connectivity index (χ0v) is 15.9. The van der Waals surface area contributed by atoms with Crippen LogP contribution in [0.2, 0.25) is 10.0 Å². The topological polar surface area (TPSA) is 89.5 Å². The molecule has 0 bridgehead atoms. The highest BCUT2D eigenvalue weighted by Crippen LogP contribution is 2.37. The Morgan fingerprint density at radius 3 is 2.76 bits per heavy atom. The van der Waals surface area contributed by atoms with Gasteiger partial charge in [-0.15, -0.1) is 11.3 Å². The molecule has 1 aliphatic rings. The molecule has 2 aromatic rings. The molecule has 1 aliphatic heterocycles. The van der Waals surface area contributed by atoms with Crippen molar-refractivity contribution in [2.45, 2.75) is 12.5 Å². The molecule has 1 unspecified atom stereocenters. The number of fused-ring (bicyclic) bond motifs is 1. The molecule has 1 atom stereocenters. The van der Waals surface area contributed by atoms with Crippen LogP contribution in [0.25, 0.3) is 10.1 Å². The lowest BCUT2D eigenvalue weighted by Gasteiger charge is -2.10. The smallest absolute Gasteiger partial charge is 0.350 e. The molecule has 2 heterocycles. The maximum absolute atomic E-state index is 12.2. The van der Waals surface area contributed by atoms with Crippen LogP contribution >= 0.6 is 34.5 Å². The summed E-state index contributed by atoms with van der Waals surface area (Å²) in [4.78, 5) is 24.2. The van der Waals surface area contributed by atoms with Crippen LogP contribution in [0.3, 0.4) is 0 Å². The van der Waals surface area contributed by atoms with Gasteiger partial charge < -0.3 is 10.1 Å². The summed E-state index contributed by atoms with van der Waals surface area (Å²) in [6.07, 6.45) is 0.366. The number of benzene rings is 1. The van der Waals surface area contributed by atoms with E-state index in [4.69, 9.17) is 27.9 Å². The van der Waals surface area contributed by atoms with Crippen LogP contribution in [0.4, 0.5) is 0 Å². The van der Waals surface area contributed by atoms with Crippen molar-refractivity contribution in [3.05, 3.63) is 33.1 Å². The molecule has 1 aromatic carbocycles. The van der Waals surface area contributed by atoms with E-state index in [2.05, 4.69) is 5.32 Å². The number of thiophene rings is 1. The second-order valence-electron chi connectivity index (χ2n) is 5.63. The predicted octanol–water partition coefficient (Wildman–Crippen LogP) is 2.67. The largest absolute Gasteiger partial charge is 0.451 e. The van der Waals surface area contributed by atoms with Gasteiger partial charge >= 0.3 is 5.97 Å². The maximum Gasteiger partial charge on any atom is 0.350 e. The number of sulfone groups is 1. The lowest BCUT2D eigenvalue weighted by Crippen LogP contribution is -2.38. The maximum atomic E-state index is 12.2. The number of nitrogens with one attached hydrogen (secondary N) is 1. The average molecular weight is 422 g/mol. The van der Waals surface area contributed by atoms with Crippen LogP contribution in [0.15, 0.2) is 18.2 Å². The first-order valence-corrected chi connectivity index (χ1v) is 10.7. The molecule has 25 heavy (non-hydrogen) atoms. The van der Waals surface area contributed by atoms with Gasteiger partial charge in [0.05, 0.1) is 16.5 Å². The van der Waals surface area contributed by atoms with Gasteiger partial charge in [0, 0.05) is 21.2 Å². The van der Waals surface area contributed by atoms with Crippen LogP contribution in [0, 0.1) is 0 Å². The van der Waals surface area contributed by atoms with E-state index in [0.717, 1.165) is 16.0 Å². The molecule has 3 rings (SSSR count). The number of halogens is 2. The summed E-state index contributed by atoms with van der Waals surface area (Å²) in [5.74, 6) is -1.29. The minimum absolute atomic E-state index is 0.0533. The Morgan fingerprint density at radius 2 is 2.08 bits per heavy atom. The van der Waals surface area contributed by atoms with E-state index >= 15 is 0 Å². The zero-order chi connectivity index (χ0) is 18.2. The molecule has 0 spiro atoms. The van der Waals surface area contributed by atoms with Gasteiger partial charge in [0.2, 0.25) is 0 Å². The van der Waals surface area contributed by atoms with Crippen LogP contribution in [-0.2, 0) is 19.4 Å². The molecular formula is C15H13Cl2NO5S2. The van der Waals surface area contributed by atoms with Crippen molar-refractivity contribution >= 4 is 66.3 Å². The van der Waals surface area contributed by atoms with E-state index in [-0.39, 0.29) is 21.4 Å². The van der Waals surface area contributed by atoms with Crippen molar-refractivity contribution in [3.63, 3.8) is 0 Å². The predicted molar refractivity (Wildman–Crippen MR) is 97.3 cm³/mol. The average Bonchev–Trinajstić information content (AvgIpc) is 3.04. The van der Waals surface area contributed by atoms with Crippen molar-refractivity contribution in [1.82, 2.24) is 5.32 Å². The summed E-state index contributed by atoms with van der Waals surface area (Å²) in [5, 5.41) is 4.01. The Balaban J connectivity index is 1.61. The molecule has 6 nitrogen and oxygen atoms in total. The van der Waals surface area contributed by atoms with Gasteiger partial charge in [0.25, 0.3) is 5.91 Å². The van der Waals surface area contributed by atoms with E-state index in [1.54, 1.807) is 18.2 Å². The minimum Gasteiger partial charge on any atom is -0.451 e. The second kappa shape index (κ2) is 7.11. The van der Waals surface area contributed by atoms with Crippen molar-refractivity contribution in [1.29, 1.82) is 0 Å². The van der Waals surface area contributed by atoms with Crippen molar-refractivity contribution in [3.8, 4) is 0 Å². The van der Waals surface area contributed by atoms with Crippen LogP contribution in [0.5, 0.6) is 0 Å². The number of carbonyl (C=O) groups excluding carboxylic acids is 2. The third kappa shape index (κ3) is 4.25. The molecule has 0 saturated carbocycles. The van der Waals surface area contributed by atoms with Crippen molar-refractivity contribution in [2.24, 2.45) is 0 Å². The molecule has 0 aliphatic carbocycles. The fourth-order valence-corrected chi connectivity index (χ4v) is 5.90. The Hall–Kier alpha value is -1.35. The Morgan fingerprint density at radius 1 is 1.32 bits per heavy atom. The highest BCUT2D eigenvalue weighted by molar-refractivity contribution is 7.91. The number of hydrogen-bond donors (Lipinski definition) is 1. The monoisotopic (exact) mass is 421 g/mol. The first kappa shape index (κ1) is 18.4. The number of rotatable bonds is 4. The molecule has 1 fully saturated rings. The number of carbonyl (C=O) groups is 2. The first-order chi connectivity index (χ1) is 11.7. The van der Waals surface area contributed by atoms with Crippen LogP contribution < -0.4 is 5.32 Å². The first-order valence-electron chi connectivity index (χ1n) is 7.29. The molecule has 0 radical (unpaired) electrons. The van der Waals surface area contributed by atoms with Crippen molar-refractivity contribution in [2.75, 3.05) is 18.1 Å². The third-order valence-corrected chi connectivity index (χ3v) is 7.35. The molecule has 1 aromatic heterocycles. The lowest BCUT2D eigenvalue weighted by atomic mass is 10.2. The standard InChI is InChI=1S/C15H13Cl2NO5S2/c16-8-1-2-10-11(5-8)24-14(13(10)17)15(20)23-6-12(19)18-9-3-4-25(21,22)7-9/h1-2,5,9H,3-4,6-7H2,(H,18,19). The van der Waals surface area contributed by atoms with Gasteiger partial charge in [-0.05, 0) is 18.6 Å². The third-order valence-electron chi connectivity index (χ3n) is 3.71. The van der Waals surface area contributed by atoms with Crippen LogP contribution in [0.1, 0.15) is 16.1 Å². The molecule has 1 amide bonds. The number of amides is 1. The fraction of sp³-hybridized carbons (Fsp3) is 0.333. The quantitative estimate of drug-likeness (QED) is 0.766. The zero-order valence-electron chi connectivity index (χ0n) is 12.8. The van der Waals surface area contributed by atoms with E-state index in [0.29, 0.717) is 16.8 Å². The Bertz CT molecular complexity index is 954. The summed E-state index contributed by atoms with van der Waals surface area (Å²) < 4.78 is 28.4. The van der Waals surface area contributed by atoms with Gasteiger partial charge in [-0.1, -0.05) is 29.3 Å².